The fourth-order valence-corrected chi connectivity index (χ4v) is 0.995. The Bertz CT molecular complexity index is 298. The van der Waals surface area contributed by atoms with Crippen LogP contribution in [0.2, 0.25) is 0 Å². The minimum absolute atomic E-state index is 0.453. The second kappa shape index (κ2) is 4.62. The lowest BCUT2D eigenvalue weighted by molar-refractivity contribution is 0.118. The first-order valence-corrected chi connectivity index (χ1v) is 4.36. The largest absolute Gasteiger partial charge is 0.431 e. The molecule has 0 radical (unpaired) electrons. The predicted octanol–water partition coefficient (Wildman–Crippen LogP) is 1.56. The Morgan fingerprint density at radius 1 is 1.43 bits per heavy atom. The SMILES string of the molecule is CC(N)OC(=O)N(C)c1ccccc1. The maximum Gasteiger partial charge on any atom is 0.415 e. The van der Waals surface area contributed by atoms with Crippen LogP contribution in [0, 0.1) is 0 Å². The van der Waals surface area contributed by atoms with E-state index in [0.29, 0.717) is 0 Å². The summed E-state index contributed by atoms with van der Waals surface area (Å²) in [6.45, 7) is 1.61. The molecule has 0 saturated heterocycles. The number of hydrogen-bond donors (Lipinski definition) is 1. The summed E-state index contributed by atoms with van der Waals surface area (Å²) in [7, 11) is 1.64. The molecule has 1 unspecified atom stereocenters. The second-order valence-electron chi connectivity index (χ2n) is 2.98. The van der Waals surface area contributed by atoms with E-state index in [0.717, 1.165) is 5.69 Å². The van der Waals surface area contributed by atoms with Crippen molar-refractivity contribution >= 4 is 11.8 Å². The summed E-state index contributed by atoms with van der Waals surface area (Å²) < 4.78 is 4.83. The minimum Gasteiger partial charge on any atom is -0.431 e. The molecule has 14 heavy (non-hydrogen) atoms. The van der Waals surface area contributed by atoms with Crippen molar-refractivity contribution in [3.63, 3.8) is 0 Å². The molecule has 0 fully saturated rings. The van der Waals surface area contributed by atoms with E-state index in [1.807, 2.05) is 30.3 Å². The summed E-state index contributed by atoms with van der Waals surface area (Å²) in [5.41, 5.74) is 6.12. The lowest BCUT2D eigenvalue weighted by Crippen LogP contribution is -2.33. The van der Waals surface area contributed by atoms with Crippen molar-refractivity contribution in [1.29, 1.82) is 0 Å². The number of para-hydroxylation sites is 1. The molecule has 1 amide bonds. The third-order valence-corrected chi connectivity index (χ3v) is 1.70. The van der Waals surface area contributed by atoms with Crippen LogP contribution >= 0.6 is 0 Å². The predicted molar refractivity (Wildman–Crippen MR) is 55.0 cm³/mol. The molecule has 0 aromatic heterocycles. The molecule has 0 spiro atoms. The lowest BCUT2D eigenvalue weighted by Gasteiger charge is -2.18. The Kier molecular flexibility index (Phi) is 3.48. The van der Waals surface area contributed by atoms with Gasteiger partial charge in [0.15, 0.2) is 0 Å². The summed E-state index contributed by atoms with van der Waals surface area (Å²) in [6.07, 6.45) is -1.04. The molecule has 1 aromatic carbocycles. The molecule has 1 atom stereocenters. The molecule has 1 aromatic rings. The first-order valence-electron chi connectivity index (χ1n) is 4.36. The van der Waals surface area contributed by atoms with Crippen molar-refractivity contribution in [2.75, 3.05) is 11.9 Å². The smallest absolute Gasteiger partial charge is 0.415 e. The van der Waals surface area contributed by atoms with E-state index in [1.54, 1.807) is 14.0 Å². The fourth-order valence-electron chi connectivity index (χ4n) is 0.995. The van der Waals surface area contributed by atoms with Crippen LogP contribution < -0.4 is 10.6 Å². The third kappa shape index (κ3) is 2.74. The summed E-state index contributed by atoms with van der Waals surface area (Å²) in [5.74, 6) is 0. The Balaban J connectivity index is 2.66. The molecule has 0 aliphatic carbocycles. The molecule has 0 saturated carbocycles. The van der Waals surface area contributed by atoms with Crippen LogP contribution in [0.5, 0.6) is 0 Å². The Morgan fingerprint density at radius 3 is 2.50 bits per heavy atom. The zero-order valence-electron chi connectivity index (χ0n) is 8.31. The van der Waals surface area contributed by atoms with Gasteiger partial charge in [-0.2, -0.15) is 0 Å². The van der Waals surface area contributed by atoms with Gasteiger partial charge in [-0.25, -0.2) is 4.79 Å². The summed E-state index contributed by atoms with van der Waals surface area (Å²) in [6, 6.07) is 9.23. The van der Waals surface area contributed by atoms with E-state index in [2.05, 4.69) is 0 Å². The van der Waals surface area contributed by atoms with E-state index in [4.69, 9.17) is 10.5 Å². The normalized spacial score (nSPS) is 11.9. The molecule has 1 rings (SSSR count). The highest BCUT2D eigenvalue weighted by atomic mass is 16.6. The van der Waals surface area contributed by atoms with Crippen LogP contribution in [-0.4, -0.2) is 19.4 Å². The number of anilines is 1. The number of nitrogens with two attached hydrogens (primary N) is 1. The van der Waals surface area contributed by atoms with E-state index < -0.39 is 12.3 Å². The van der Waals surface area contributed by atoms with Crippen LogP contribution in [0.15, 0.2) is 30.3 Å². The van der Waals surface area contributed by atoms with Gasteiger partial charge in [0.1, 0.15) is 6.23 Å². The first-order chi connectivity index (χ1) is 6.61. The van der Waals surface area contributed by atoms with E-state index >= 15 is 0 Å². The number of nitrogens with zero attached hydrogens (tertiary/aromatic N) is 1. The summed E-state index contributed by atoms with van der Waals surface area (Å²) in [5, 5.41) is 0. The molecule has 4 nitrogen and oxygen atoms in total. The Hall–Kier alpha value is -1.55. The van der Waals surface area contributed by atoms with E-state index in [1.165, 1.54) is 4.90 Å². The van der Waals surface area contributed by atoms with Gasteiger partial charge in [-0.3, -0.25) is 10.6 Å². The lowest BCUT2D eigenvalue weighted by atomic mass is 10.3. The van der Waals surface area contributed by atoms with Crippen LogP contribution in [0.1, 0.15) is 6.92 Å². The molecule has 0 aliphatic heterocycles. The monoisotopic (exact) mass is 194 g/mol. The topological polar surface area (TPSA) is 55.6 Å². The molecule has 0 bridgehead atoms. The van der Waals surface area contributed by atoms with Gasteiger partial charge in [-0.05, 0) is 19.1 Å². The standard InChI is InChI=1S/C10H14N2O2/c1-8(11)14-10(13)12(2)9-6-4-3-5-7-9/h3-8H,11H2,1-2H3. The van der Waals surface area contributed by atoms with Gasteiger partial charge >= 0.3 is 6.09 Å². The van der Waals surface area contributed by atoms with Gasteiger partial charge < -0.3 is 4.74 Å². The third-order valence-electron chi connectivity index (χ3n) is 1.70. The van der Waals surface area contributed by atoms with Crippen LogP contribution in [0.25, 0.3) is 0 Å². The van der Waals surface area contributed by atoms with Crippen LogP contribution in [-0.2, 0) is 4.74 Å². The summed E-state index contributed by atoms with van der Waals surface area (Å²) in [4.78, 5) is 12.8. The molecule has 0 aliphatic rings. The van der Waals surface area contributed by atoms with E-state index in [-0.39, 0.29) is 0 Å². The highest BCUT2D eigenvalue weighted by Crippen LogP contribution is 2.11. The van der Waals surface area contributed by atoms with Crippen LogP contribution in [0.3, 0.4) is 0 Å². The van der Waals surface area contributed by atoms with E-state index in [9.17, 15) is 4.79 Å². The van der Waals surface area contributed by atoms with Crippen molar-refractivity contribution in [2.24, 2.45) is 5.73 Å². The summed E-state index contributed by atoms with van der Waals surface area (Å²) >= 11 is 0. The fraction of sp³-hybridized carbons (Fsp3) is 0.300. The first kappa shape index (κ1) is 10.5. The zero-order chi connectivity index (χ0) is 10.6. The number of ether oxygens (including phenoxy) is 1. The molecule has 76 valence electrons. The van der Waals surface area contributed by atoms with Crippen molar-refractivity contribution in [1.82, 2.24) is 0 Å². The number of rotatable bonds is 2. The van der Waals surface area contributed by atoms with Gasteiger partial charge in [0.2, 0.25) is 0 Å². The van der Waals surface area contributed by atoms with Gasteiger partial charge in [0, 0.05) is 12.7 Å². The highest BCUT2D eigenvalue weighted by Gasteiger charge is 2.12. The van der Waals surface area contributed by atoms with Crippen molar-refractivity contribution in [3.8, 4) is 0 Å². The number of amides is 1. The van der Waals surface area contributed by atoms with Gasteiger partial charge in [0.05, 0.1) is 0 Å². The van der Waals surface area contributed by atoms with Crippen molar-refractivity contribution < 1.29 is 9.53 Å². The number of carbonyl (C=O) groups is 1. The van der Waals surface area contributed by atoms with Crippen molar-refractivity contribution in [3.05, 3.63) is 30.3 Å². The van der Waals surface area contributed by atoms with Gasteiger partial charge in [-0.1, -0.05) is 18.2 Å². The quantitative estimate of drug-likeness (QED) is 0.727. The average molecular weight is 194 g/mol. The average Bonchev–Trinajstić information content (AvgIpc) is 2.17. The van der Waals surface area contributed by atoms with Gasteiger partial charge in [0.25, 0.3) is 0 Å². The molecular weight excluding hydrogens is 180 g/mol. The number of carbonyl (C=O) groups excluding carboxylic acids is 1. The molecule has 2 N–H and O–H groups in total. The minimum atomic E-state index is -0.589. The number of hydrogen-bond acceptors (Lipinski definition) is 3. The molecule has 0 heterocycles. The number of benzene rings is 1. The Labute approximate surface area is 83.3 Å². The highest BCUT2D eigenvalue weighted by molar-refractivity contribution is 5.86. The Morgan fingerprint density at radius 2 is 2.00 bits per heavy atom. The van der Waals surface area contributed by atoms with Gasteiger partial charge in [-0.15, -0.1) is 0 Å². The molecule has 4 heteroatoms. The second-order valence-corrected chi connectivity index (χ2v) is 2.98. The van der Waals surface area contributed by atoms with Crippen molar-refractivity contribution in [2.45, 2.75) is 13.2 Å². The maximum absolute atomic E-state index is 11.4. The zero-order valence-corrected chi connectivity index (χ0v) is 8.31. The maximum atomic E-state index is 11.4. The molecular formula is C10H14N2O2. The van der Waals surface area contributed by atoms with Crippen LogP contribution in [0.4, 0.5) is 10.5 Å².